The molecule has 3 N–H and O–H groups in total. The molecule has 1 aliphatic heterocycles. The Bertz CT molecular complexity index is 1700. The van der Waals surface area contributed by atoms with Crippen molar-refractivity contribution in [2.24, 2.45) is 0 Å². The van der Waals surface area contributed by atoms with Crippen LogP contribution in [-0.4, -0.2) is 35.1 Å². The van der Waals surface area contributed by atoms with Gasteiger partial charge in [-0.1, -0.05) is 30.0 Å². The van der Waals surface area contributed by atoms with E-state index in [9.17, 15) is 19.3 Å². The monoisotopic (exact) mass is 606 g/mol. The summed E-state index contributed by atoms with van der Waals surface area (Å²) in [4.78, 5) is 8.75. The fourth-order valence-corrected chi connectivity index (χ4v) is 5.95. The standard InChI is InChI=1S/C29H24F2N6O3S2/c1-29(2)39-13-19(40-29)12-38-18-8-6-16(7-9-18)24-20(10-32)26(34)37-27(21(24)11-33)41-14-17-15-42-28(35-17)36-23-5-3-4-22(30)25(23)31/h3-9,15,19H,12-14H2,1-2H3,(H2,34,37)(H,35,36)/t19-/m1/s1. The highest BCUT2D eigenvalue weighted by atomic mass is 32.2. The first-order valence-corrected chi connectivity index (χ1v) is 14.5. The van der Waals surface area contributed by atoms with Gasteiger partial charge in [0.05, 0.1) is 23.6 Å². The van der Waals surface area contributed by atoms with Crippen molar-refractivity contribution in [2.45, 2.75) is 36.5 Å². The van der Waals surface area contributed by atoms with Gasteiger partial charge in [-0.05, 0) is 43.7 Å². The number of thioether (sulfide) groups is 1. The van der Waals surface area contributed by atoms with Crippen molar-refractivity contribution in [3.05, 3.63) is 76.3 Å². The lowest BCUT2D eigenvalue weighted by molar-refractivity contribution is -0.141. The molecule has 4 aromatic rings. The van der Waals surface area contributed by atoms with E-state index in [2.05, 4.69) is 27.4 Å². The molecule has 0 aliphatic carbocycles. The van der Waals surface area contributed by atoms with Gasteiger partial charge in [-0.3, -0.25) is 0 Å². The molecule has 214 valence electrons. The lowest BCUT2D eigenvalue weighted by Gasteiger charge is -2.17. The van der Waals surface area contributed by atoms with Crippen LogP contribution in [0.15, 0.2) is 52.9 Å². The number of nitrogens with zero attached hydrogens (tertiary/aromatic N) is 4. The summed E-state index contributed by atoms with van der Waals surface area (Å²) in [5.74, 6) is -1.70. The molecule has 0 saturated carbocycles. The van der Waals surface area contributed by atoms with Gasteiger partial charge in [0.15, 0.2) is 22.6 Å². The van der Waals surface area contributed by atoms with E-state index in [-0.39, 0.29) is 28.7 Å². The molecule has 1 fully saturated rings. The predicted octanol–water partition coefficient (Wildman–Crippen LogP) is 6.38. The zero-order valence-corrected chi connectivity index (χ0v) is 24.1. The summed E-state index contributed by atoms with van der Waals surface area (Å²) in [5.41, 5.74) is 8.03. The molecular formula is C29H24F2N6O3S2. The zero-order valence-electron chi connectivity index (χ0n) is 22.5. The number of anilines is 3. The van der Waals surface area contributed by atoms with Crippen LogP contribution in [0.4, 0.5) is 25.4 Å². The number of ether oxygens (including phenoxy) is 3. The molecule has 1 aliphatic rings. The first kappa shape index (κ1) is 29.2. The molecule has 0 bridgehead atoms. The summed E-state index contributed by atoms with van der Waals surface area (Å²) < 4.78 is 44.7. The number of hydrogen-bond donors (Lipinski definition) is 2. The van der Waals surface area contributed by atoms with E-state index >= 15 is 0 Å². The van der Waals surface area contributed by atoms with E-state index in [1.807, 2.05) is 13.8 Å². The maximum absolute atomic E-state index is 14.0. The molecular weight excluding hydrogens is 582 g/mol. The molecule has 2 aromatic heterocycles. The summed E-state index contributed by atoms with van der Waals surface area (Å²) >= 11 is 2.45. The molecule has 2 aromatic carbocycles. The summed E-state index contributed by atoms with van der Waals surface area (Å²) in [7, 11) is 0. The maximum atomic E-state index is 14.0. The number of hydrogen-bond acceptors (Lipinski definition) is 11. The second-order valence-electron chi connectivity index (χ2n) is 9.60. The number of nitriles is 2. The van der Waals surface area contributed by atoms with Gasteiger partial charge in [-0.25, -0.2) is 18.7 Å². The number of benzene rings is 2. The quantitative estimate of drug-likeness (QED) is 0.206. The third kappa shape index (κ3) is 6.45. The topological polar surface area (TPSA) is 139 Å². The minimum Gasteiger partial charge on any atom is -0.491 e. The van der Waals surface area contributed by atoms with E-state index in [1.54, 1.807) is 29.6 Å². The molecule has 0 radical (unpaired) electrons. The van der Waals surface area contributed by atoms with Crippen LogP contribution < -0.4 is 15.8 Å². The Labute approximate surface area is 248 Å². The highest BCUT2D eigenvalue weighted by Gasteiger charge is 2.33. The van der Waals surface area contributed by atoms with Gasteiger partial charge in [0, 0.05) is 16.7 Å². The normalized spacial score (nSPS) is 15.6. The molecule has 0 unspecified atom stereocenters. The average molecular weight is 607 g/mol. The Morgan fingerprint density at radius 3 is 2.60 bits per heavy atom. The van der Waals surface area contributed by atoms with E-state index < -0.39 is 17.4 Å². The van der Waals surface area contributed by atoms with Crippen molar-refractivity contribution >= 4 is 39.7 Å². The molecule has 42 heavy (non-hydrogen) atoms. The molecule has 5 rings (SSSR count). The second kappa shape index (κ2) is 12.3. The number of aromatic nitrogens is 2. The third-order valence-corrected chi connectivity index (χ3v) is 7.98. The van der Waals surface area contributed by atoms with Crippen molar-refractivity contribution in [1.82, 2.24) is 9.97 Å². The Morgan fingerprint density at radius 2 is 1.90 bits per heavy atom. The first-order chi connectivity index (χ1) is 20.2. The predicted molar refractivity (Wildman–Crippen MR) is 155 cm³/mol. The van der Waals surface area contributed by atoms with Crippen LogP contribution in [0.3, 0.4) is 0 Å². The fourth-order valence-electron chi connectivity index (χ4n) is 4.23. The van der Waals surface area contributed by atoms with Crippen LogP contribution in [0.25, 0.3) is 11.1 Å². The number of rotatable bonds is 9. The van der Waals surface area contributed by atoms with E-state index in [0.717, 1.165) is 6.07 Å². The van der Waals surface area contributed by atoms with E-state index in [4.69, 9.17) is 19.9 Å². The summed E-state index contributed by atoms with van der Waals surface area (Å²) in [5, 5.41) is 25.2. The van der Waals surface area contributed by atoms with Gasteiger partial charge in [0.25, 0.3) is 0 Å². The van der Waals surface area contributed by atoms with Gasteiger partial charge in [-0.2, -0.15) is 10.5 Å². The Hall–Kier alpha value is -4.27. The average Bonchev–Trinajstić information content (AvgIpc) is 3.58. The first-order valence-electron chi connectivity index (χ1n) is 12.6. The largest absolute Gasteiger partial charge is 0.491 e. The number of thiazole rings is 1. The summed E-state index contributed by atoms with van der Waals surface area (Å²) in [6.45, 7) is 4.43. The maximum Gasteiger partial charge on any atom is 0.187 e. The van der Waals surface area contributed by atoms with Crippen molar-refractivity contribution in [1.29, 1.82) is 10.5 Å². The molecule has 13 heteroatoms. The summed E-state index contributed by atoms with van der Waals surface area (Å²) in [6, 6.07) is 15.1. The van der Waals surface area contributed by atoms with Crippen molar-refractivity contribution in [3.63, 3.8) is 0 Å². The third-order valence-electron chi connectivity index (χ3n) is 6.16. The number of nitrogens with one attached hydrogen (secondary N) is 1. The minimum absolute atomic E-state index is 0.00228. The molecule has 1 atom stereocenters. The van der Waals surface area contributed by atoms with Gasteiger partial charge >= 0.3 is 0 Å². The summed E-state index contributed by atoms with van der Waals surface area (Å²) in [6.07, 6.45) is -0.193. The van der Waals surface area contributed by atoms with Crippen LogP contribution in [0.1, 0.15) is 30.7 Å². The van der Waals surface area contributed by atoms with Crippen LogP contribution in [0, 0.1) is 34.3 Å². The van der Waals surface area contributed by atoms with Gasteiger partial charge in [-0.15, -0.1) is 11.3 Å². The highest BCUT2D eigenvalue weighted by molar-refractivity contribution is 7.98. The number of pyridine rings is 1. The number of nitrogens with two attached hydrogens (primary N) is 1. The smallest absolute Gasteiger partial charge is 0.187 e. The van der Waals surface area contributed by atoms with Crippen LogP contribution in [0.5, 0.6) is 5.75 Å². The Morgan fingerprint density at radius 1 is 1.14 bits per heavy atom. The van der Waals surface area contributed by atoms with E-state index in [0.29, 0.717) is 51.7 Å². The van der Waals surface area contributed by atoms with Crippen LogP contribution in [-0.2, 0) is 15.2 Å². The highest BCUT2D eigenvalue weighted by Crippen LogP contribution is 2.37. The lowest BCUT2D eigenvalue weighted by atomic mass is 9.97. The van der Waals surface area contributed by atoms with Gasteiger partial charge < -0.3 is 25.3 Å². The van der Waals surface area contributed by atoms with Crippen molar-refractivity contribution in [2.75, 3.05) is 24.3 Å². The zero-order chi connectivity index (χ0) is 29.9. The van der Waals surface area contributed by atoms with E-state index in [1.165, 1.54) is 35.2 Å². The molecule has 0 spiro atoms. The molecule has 9 nitrogen and oxygen atoms in total. The number of nitrogen functional groups attached to an aromatic ring is 1. The Balaban J connectivity index is 1.32. The fraction of sp³-hybridized carbons (Fsp3) is 0.241. The van der Waals surface area contributed by atoms with Crippen molar-refractivity contribution < 1.29 is 23.0 Å². The number of halogens is 2. The van der Waals surface area contributed by atoms with Crippen molar-refractivity contribution in [3.8, 4) is 29.0 Å². The van der Waals surface area contributed by atoms with Gasteiger partial charge in [0.2, 0.25) is 0 Å². The molecule has 1 saturated heterocycles. The SMILES string of the molecule is CC1(C)OC[C@@H](COc2ccc(-c3c(C#N)c(N)nc(SCc4csc(Nc5cccc(F)c5F)n4)c3C#N)cc2)O1. The lowest BCUT2D eigenvalue weighted by Crippen LogP contribution is -2.25. The molecule has 0 amide bonds. The van der Waals surface area contributed by atoms with Crippen LogP contribution >= 0.6 is 23.1 Å². The van der Waals surface area contributed by atoms with Crippen LogP contribution in [0.2, 0.25) is 0 Å². The van der Waals surface area contributed by atoms with Gasteiger partial charge in [0.1, 0.15) is 47.0 Å². The second-order valence-corrected chi connectivity index (χ2v) is 11.4. The minimum atomic E-state index is -0.992. The molecule has 3 heterocycles. The Kier molecular flexibility index (Phi) is 8.56.